The average Bonchev–Trinajstić information content (AvgIpc) is 2.35. The second-order valence-corrected chi connectivity index (χ2v) is 4.74. The predicted octanol–water partition coefficient (Wildman–Crippen LogP) is 0.494. The zero-order chi connectivity index (χ0) is 13.8. The summed E-state index contributed by atoms with van der Waals surface area (Å²) in [5.74, 6) is -0.814. The van der Waals surface area contributed by atoms with Crippen molar-refractivity contribution in [2.45, 2.75) is 4.90 Å². The lowest BCUT2D eigenvalue weighted by Crippen LogP contribution is -2.13. The molecule has 0 amide bonds. The maximum atomic E-state index is 11.6. The second-order valence-electron chi connectivity index (χ2n) is 3.13. The third-order valence-corrected chi connectivity index (χ3v) is 3.24. The van der Waals surface area contributed by atoms with E-state index < -0.39 is 22.7 Å². The number of carbonyl (C=O) groups is 1. The van der Waals surface area contributed by atoms with E-state index in [2.05, 4.69) is 4.18 Å². The monoisotopic (exact) mass is 276 g/mol. The van der Waals surface area contributed by atoms with E-state index in [0.717, 1.165) is 0 Å². The third-order valence-electron chi connectivity index (χ3n) is 1.98. The Labute approximate surface area is 104 Å². The van der Waals surface area contributed by atoms with Crippen LogP contribution in [-0.4, -0.2) is 40.3 Å². The molecule has 0 aliphatic rings. The van der Waals surface area contributed by atoms with Gasteiger partial charge in [-0.3, -0.25) is 4.18 Å². The van der Waals surface area contributed by atoms with Crippen molar-refractivity contribution >= 4 is 16.1 Å². The highest BCUT2D eigenvalue weighted by Gasteiger charge is 2.19. The molecule has 0 heterocycles. The first-order chi connectivity index (χ1) is 8.40. The molecule has 1 aromatic carbocycles. The van der Waals surface area contributed by atoms with Crippen LogP contribution in [0.15, 0.2) is 23.1 Å². The number of methoxy groups -OCH3 is 2. The van der Waals surface area contributed by atoms with Gasteiger partial charge in [0.05, 0.1) is 19.1 Å². The number of aliphatic carboxylic acids is 1. The summed E-state index contributed by atoms with van der Waals surface area (Å²) in [6.45, 7) is -0.934. The van der Waals surface area contributed by atoms with E-state index in [9.17, 15) is 13.2 Å². The van der Waals surface area contributed by atoms with Crippen molar-refractivity contribution < 1.29 is 32.0 Å². The van der Waals surface area contributed by atoms with Gasteiger partial charge in [0.2, 0.25) is 0 Å². The minimum atomic E-state index is -4.13. The molecule has 0 aliphatic heterocycles. The van der Waals surface area contributed by atoms with Crippen LogP contribution >= 0.6 is 0 Å². The van der Waals surface area contributed by atoms with Crippen molar-refractivity contribution in [2.24, 2.45) is 0 Å². The number of hydrogen-bond acceptors (Lipinski definition) is 6. The lowest BCUT2D eigenvalue weighted by atomic mass is 10.3. The summed E-state index contributed by atoms with van der Waals surface area (Å²) >= 11 is 0. The first-order valence-corrected chi connectivity index (χ1v) is 6.15. The van der Waals surface area contributed by atoms with E-state index >= 15 is 0 Å². The van der Waals surface area contributed by atoms with Crippen LogP contribution in [0, 0.1) is 0 Å². The van der Waals surface area contributed by atoms with Crippen molar-refractivity contribution in [1.82, 2.24) is 0 Å². The van der Waals surface area contributed by atoms with Gasteiger partial charge in [-0.25, -0.2) is 4.79 Å². The zero-order valence-corrected chi connectivity index (χ0v) is 10.6. The molecule has 0 aromatic heterocycles. The van der Waals surface area contributed by atoms with Crippen molar-refractivity contribution in [3.63, 3.8) is 0 Å². The molecule has 1 aromatic rings. The normalized spacial score (nSPS) is 11.0. The minimum Gasteiger partial charge on any atom is -0.493 e. The fourth-order valence-electron chi connectivity index (χ4n) is 1.17. The molecule has 7 nitrogen and oxygen atoms in total. The van der Waals surface area contributed by atoms with Crippen LogP contribution in [0.3, 0.4) is 0 Å². The van der Waals surface area contributed by atoms with Crippen LogP contribution in [0.2, 0.25) is 0 Å². The molecule has 0 aliphatic carbocycles. The molecule has 1 rings (SSSR count). The van der Waals surface area contributed by atoms with Gasteiger partial charge in [0.15, 0.2) is 18.1 Å². The molecule has 0 radical (unpaired) electrons. The highest BCUT2D eigenvalue weighted by Crippen LogP contribution is 2.29. The summed E-state index contributed by atoms with van der Waals surface area (Å²) in [7, 11) is -1.37. The molecule has 8 heteroatoms. The smallest absolute Gasteiger partial charge is 0.331 e. The molecular formula is C10H12O7S. The second kappa shape index (κ2) is 5.69. The van der Waals surface area contributed by atoms with Crippen molar-refractivity contribution in [3.8, 4) is 11.5 Å². The van der Waals surface area contributed by atoms with Gasteiger partial charge in [0.1, 0.15) is 0 Å². The van der Waals surface area contributed by atoms with Gasteiger partial charge < -0.3 is 14.6 Å². The third kappa shape index (κ3) is 3.34. The maximum absolute atomic E-state index is 11.6. The number of rotatable bonds is 6. The first-order valence-electron chi connectivity index (χ1n) is 4.74. The van der Waals surface area contributed by atoms with Gasteiger partial charge >= 0.3 is 5.97 Å². The van der Waals surface area contributed by atoms with Crippen LogP contribution in [0.25, 0.3) is 0 Å². The minimum absolute atomic E-state index is 0.206. The van der Waals surface area contributed by atoms with Crippen molar-refractivity contribution in [3.05, 3.63) is 18.2 Å². The summed E-state index contributed by atoms with van der Waals surface area (Å²) in [6, 6.07) is 3.81. The first kappa shape index (κ1) is 14.3. The molecule has 100 valence electrons. The molecule has 0 saturated heterocycles. The van der Waals surface area contributed by atoms with Gasteiger partial charge in [-0.2, -0.15) is 8.42 Å². The summed E-state index contributed by atoms with van der Waals surface area (Å²) in [6.07, 6.45) is 0. The quantitative estimate of drug-likeness (QED) is 0.755. The number of carboxylic acids is 1. The lowest BCUT2D eigenvalue weighted by molar-refractivity contribution is -0.139. The Balaban J connectivity index is 3.06. The Morgan fingerprint density at radius 2 is 1.83 bits per heavy atom. The predicted molar refractivity (Wildman–Crippen MR) is 60.3 cm³/mol. The fourth-order valence-corrected chi connectivity index (χ4v) is 2.05. The standard InChI is InChI=1S/C10H12O7S/c1-15-8-4-3-7(5-9(8)16-2)18(13,14)17-6-10(11)12/h3-5H,6H2,1-2H3,(H,11,12). The van der Waals surface area contributed by atoms with E-state index in [4.69, 9.17) is 14.6 Å². The Hall–Kier alpha value is -1.80. The van der Waals surface area contributed by atoms with Gasteiger partial charge in [0.25, 0.3) is 10.1 Å². The van der Waals surface area contributed by atoms with Crippen LogP contribution in [0.5, 0.6) is 11.5 Å². The molecule has 0 bridgehead atoms. The highest BCUT2D eigenvalue weighted by molar-refractivity contribution is 7.86. The number of benzene rings is 1. The highest BCUT2D eigenvalue weighted by atomic mass is 32.2. The van der Waals surface area contributed by atoms with Crippen LogP contribution in [0.4, 0.5) is 0 Å². The summed E-state index contributed by atoms with van der Waals surface area (Å²) in [5.41, 5.74) is 0. The molecule has 0 fully saturated rings. The molecule has 18 heavy (non-hydrogen) atoms. The van der Waals surface area contributed by atoms with Crippen molar-refractivity contribution in [2.75, 3.05) is 20.8 Å². The molecular weight excluding hydrogens is 264 g/mol. The van der Waals surface area contributed by atoms with E-state index in [1.54, 1.807) is 0 Å². The van der Waals surface area contributed by atoms with Gasteiger partial charge in [-0.1, -0.05) is 0 Å². The summed E-state index contributed by atoms with van der Waals surface area (Å²) < 4.78 is 37.5. The topological polar surface area (TPSA) is 99.1 Å². The Kier molecular flexibility index (Phi) is 4.51. The van der Waals surface area contributed by atoms with E-state index in [-0.39, 0.29) is 10.6 Å². The molecule has 0 spiro atoms. The zero-order valence-electron chi connectivity index (χ0n) is 9.74. The van der Waals surface area contributed by atoms with Crippen LogP contribution in [0.1, 0.15) is 0 Å². The Morgan fingerprint density at radius 1 is 1.22 bits per heavy atom. The van der Waals surface area contributed by atoms with Crippen LogP contribution < -0.4 is 9.47 Å². The Bertz CT molecular complexity index is 535. The molecule has 0 atom stereocenters. The fraction of sp³-hybridized carbons (Fsp3) is 0.300. The molecule has 0 saturated carbocycles. The molecule has 1 N–H and O–H groups in total. The molecule has 0 unspecified atom stereocenters. The van der Waals surface area contributed by atoms with Crippen LogP contribution in [-0.2, 0) is 19.1 Å². The maximum Gasteiger partial charge on any atom is 0.331 e. The van der Waals surface area contributed by atoms with E-state index in [1.165, 1.54) is 32.4 Å². The summed E-state index contributed by atoms with van der Waals surface area (Å²) in [5, 5.41) is 8.37. The number of ether oxygens (including phenoxy) is 2. The van der Waals surface area contributed by atoms with Gasteiger partial charge in [-0.05, 0) is 12.1 Å². The van der Waals surface area contributed by atoms with E-state index in [0.29, 0.717) is 5.75 Å². The number of carboxylic acid groups (broad SMARTS) is 1. The van der Waals surface area contributed by atoms with Gasteiger partial charge in [-0.15, -0.1) is 0 Å². The van der Waals surface area contributed by atoms with E-state index in [1.807, 2.05) is 0 Å². The number of hydrogen-bond donors (Lipinski definition) is 1. The largest absolute Gasteiger partial charge is 0.493 e. The SMILES string of the molecule is COc1ccc(S(=O)(=O)OCC(=O)O)cc1OC. The van der Waals surface area contributed by atoms with Crippen molar-refractivity contribution in [1.29, 1.82) is 0 Å². The lowest BCUT2D eigenvalue weighted by Gasteiger charge is -2.09. The summed E-state index contributed by atoms with van der Waals surface area (Å²) in [4.78, 5) is 10.1. The average molecular weight is 276 g/mol. The van der Waals surface area contributed by atoms with Gasteiger partial charge in [0, 0.05) is 6.07 Å². The Morgan fingerprint density at radius 3 is 2.33 bits per heavy atom.